The quantitative estimate of drug-likeness (QED) is 0.182. The minimum atomic E-state index is -2.25. The van der Waals surface area contributed by atoms with Gasteiger partial charge in [0.2, 0.25) is 0 Å². The Labute approximate surface area is 272 Å². The second kappa shape index (κ2) is 9.68. The Hall–Kier alpha value is -6.13. The van der Waals surface area contributed by atoms with Crippen molar-refractivity contribution in [3.05, 3.63) is 131 Å². The number of para-hydroxylation sites is 1. The maximum absolute atomic E-state index is 9.67. The van der Waals surface area contributed by atoms with E-state index in [1.165, 1.54) is 22.0 Å². The van der Waals surface area contributed by atoms with Crippen LogP contribution in [0.25, 0.3) is 60.6 Å². The second-order valence-electron chi connectivity index (χ2n) is 13.4. The van der Waals surface area contributed by atoms with E-state index in [0.29, 0.717) is 16.7 Å². The first-order valence-corrected chi connectivity index (χ1v) is 19.5. The van der Waals surface area contributed by atoms with Crippen LogP contribution in [0, 0.1) is 34.0 Å². The van der Waals surface area contributed by atoms with E-state index in [1.807, 2.05) is 48.5 Å². The summed E-state index contributed by atoms with van der Waals surface area (Å²) in [6.07, 6.45) is 4.36. The summed E-state index contributed by atoms with van der Waals surface area (Å²) in [7, 11) is -2.25. The SMILES string of the molecule is C[SiH-]1(C)C2=C(C=C(n3c4ccc(C#N)cc4c4cc(C#N)ccc43)CC2)c2cc(-n3c4ccccc4c4cc(C#N)ccc43)ccc21. The number of allylic oxidation sites excluding steroid dienone is 4. The standard InChI is InChI=1S/C41H28N5Si/c1-47(2)40-15-10-28(45-36-6-4-3-5-30(36)31-17-25(22-42)7-12-37(31)45)20-34(40)35-21-29(11-16-41(35)47)46-38-13-8-26(23-43)18-32(38)33-19-27(24-44)9-14-39(33)46/h3-10,12-15,17-21,47H,11,16H2,1-2H3/q-1. The second-order valence-corrected chi connectivity index (χ2v) is 18.5. The van der Waals surface area contributed by atoms with Crippen molar-refractivity contribution < 1.29 is 0 Å². The van der Waals surface area contributed by atoms with Crippen molar-refractivity contribution >= 4 is 68.1 Å². The average molecular weight is 619 g/mol. The molecule has 47 heavy (non-hydrogen) atoms. The van der Waals surface area contributed by atoms with Crippen LogP contribution in [0.5, 0.6) is 0 Å². The van der Waals surface area contributed by atoms with Gasteiger partial charge < -0.3 is 0 Å². The summed E-state index contributed by atoms with van der Waals surface area (Å²) >= 11 is 0. The Kier molecular flexibility index (Phi) is 5.60. The summed E-state index contributed by atoms with van der Waals surface area (Å²) in [6.45, 7) is 5.01. The fourth-order valence-electron chi connectivity index (χ4n) is 8.43. The zero-order valence-corrected chi connectivity index (χ0v) is 27.2. The molecule has 5 nitrogen and oxygen atoms in total. The van der Waals surface area contributed by atoms with Crippen LogP contribution in [0.15, 0.2) is 108 Å². The van der Waals surface area contributed by atoms with Gasteiger partial charge in [0.1, 0.15) is 0 Å². The topological polar surface area (TPSA) is 81.2 Å². The average Bonchev–Trinajstić information content (AvgIpc) is 3.69. The molecule has 0 saturated carbocycles. The molecule has 222 valence electrons. The van der Waals surface area contributed by atoms with Crippen molar-refractivity contribution in [3.63, 3.8) is 0 Å². The normalized spacial score (nSPS) is 15.7. The van der Waals surface area contributed by atoms with E-state index < -0.39 is 8.07 Å². The Morgan fingerprint density at radius 2 is 1.13 bits per heavy atom. The van der Waals surface area contributed by atoms with E-state index in [2.05, 4.69) is 95.0 Å². The van der Waals surface area contributed by atoms with Crippen LogP contribution in [0.4, 0.5) is 0 Å². The number of aromatic nitrogens is 2. The first-order valence-electron chi connectivity index (χ1n) is 16.1. The molecule has 2 aromatic heterocycles. The van der Waals surface area contributed by atoms with Gasteiger partial charge in [-0.3, -0.25) is 0 Å². The van der Waals surface area contributed by atoms with Gasteiger partial charge in [-0.05, 0) is 0 Å². The van der Waals surface area contributed by atoms with Crippen molar-refractivity contribution in [1.29, 1.82) is 15.8 Å². The third-order valence-corrected chi connectivity index (χ3v) is 15.1. The maximum atomic E-state index is 9.67. The van der Waals surface area contributed by atoms with E-state index in [4.69, 9.17) is 0 Å². The van der Waals surface area contributed by atoms with Crippen LogP contribution >= 0.6 is 0 Å². The summed E-state index contributed by atoms with van der Waals surface area (Å²) in [5, 5.41) is 36.3. The van der Waals surface area contributed by atoms with E-state index in [0.717, 1.165) is 62.1 Å². The van der Waals surface area contributed by atoms with Crippen molar-refractivity contribution in [1.82, 2.24) is 9.13 Å². The molecule has 1 aliphatic carbocycles. The number of nitrogens with zero attached hydrogens (tertiary/aromatic N) is 5. The number of rotatable bonds is 2. The van der Waals surface area contributed by atoms with E-state index in [1.54, 1.807) is 5.20 Å². The summed E-state index contributed by atoms with van der Waals surface area (Å²) < 4.78 is 4.68. The molecule has 2 aliphatic rings. The third kappa shape index (κ3) is 3.73. The summed E-state index contributed by atoms with van der Waals surface area (Å²) in [5.41, 5.74) is 11.2. The van der Waals surface area contributed by atoms with Crippen LogP contribution < -0.4 is 5.19 Å². The van der Waals surface area contributed by atoms with Crippen molar-refractivity contribution in [3.8, 4) is 23.9 Å². The van der Waals surface area contributed by atoms with E-state index >= 15 is 0 Å². The molecule has 5 aromatic carbocycles. The molecule has 6 heteroatoms. The van der Waals surface area contributed by atoms with Gasteiger partial charge in [0.05, 0.1) is 0 Å². The van der Waals surface area contributed by atoms with Crippen LogP contribution in [0.3, 0.4) is 0 Å². The Morgan fingerprint density at radius 1 is 0.574 bits per heavy atom. The first-order chi connectivity index (χ1) is 22.9. The van der Waals surface area contributed by atoms with Gasteiger partial charge in [-0.1, -0.05) is 0 Å². The molecular weight excluding hydrogens is 591 g/mol. The summed E-state index contributed by atoms with van der Waals surface area (Å²) in [4.78, 5) is 0. The molecular formula is C41H28N5Si-. The van der Waals surface area contributed by atoms with Crippen molar-refractivity contribution in [2.24, 2.45) is 0 Å². The van der Waals surface area contributed by atoms with Crippen LogP contribution in [0.1, 0.15) is 35.1 Å². The Bertz CT molecular complexity index is 2680. The van der Waals surface area contributed by atoms with Crippen LogP contribution in [-0.2, 0) is 0 Å². The Balaban J connectivity index is 1.26. The molecule has 0 saturated heterocycles. The molecule has 0 bridgehead atoms. The van der Waals surface area contributed by atoms with Crippen molar-refractivity contribution in [2.45, 2.75) is 25.9 Å². The van der Waals surface area contributed by atoms with Gasteiger partial charge in [-0.2, -0.15) is 0 Å². The zero-order chi connectivity index (χ0) is 32.0. The first kappa shape index (κ1) is 27.2. The number of fused-ring (bicyclic) bond motifs is 8. The van der Waals surface area contributed by atoms with Gasteiger partial charge in [-0.15, -0.1) is 0 Å². The predicted octanol–water partition coefficient (Wildman–Crippen LogP) is 8.80. The molecule has 3 heterocycles. The van der Waals surface area contributed by atoms with Gasteiger partial charge in [0.25, 0.3) is 0 Å². The summed E-state index contributed by atoms with van der Waals surface area (Å²) in [6, 6.07) is 40.1. The molecule has 0 amide bonds. The van der Waals surface area contributed by atoms with Crippen LogP contribution in [0.2, 0.25) is 13.1 Å². The van der Waals surface area contributed by atoms with Gasteiger partial charge in [0.15, 0.2) is 0 Å². The van der Waals surface area contributed by atoms with Crippen LogP contribution in [-0.4, -0.2) is 17.2 Å². The molecule has 1 aliphatic heterocycles. The minimum absolute atomic E-state index is 0.613. The number of benzene rings is 5. The van der Waals surface area contributed by atoms with Gasteiger partial charge in [-0.25, -0.2) is 0 Å². The van der Waals surface area contributed by atoms with Crippen molar-refractivity contribution in [2.75, 3.05) is 0 Å². The molecule has 0 fully saturated rings. The van der Waals surface area contributed by atoms with E-state index in [-0.39, 0.29) is 0 Å². The van der Waals surface area contributed by atoms with Gasteiger partial charge in [0, 0.05) is 0 Å². The fraction of sp³-hybridized carbons (Fsp3) is 0.0976. The number of hydrogen-bond acceptors (Lipinski definition) is 3. The third-order valence-electron chi connectivity index (χ3n) is 10.7. The molecule has 0 atom stereocenters. The molecule has 0 N–H and O–H groups in total. The predicted molar refractivity (Wildman–Crippen MR) is 193 cm³/mol. The Morgan fingerprint density at radius 3 is 1.74 bits per heavy atom. The fourth-order valence-corrected chi connectivity index (χ4v) is 12.3. The zero-order valence-electron chi connectivity index (χ0n) is 26.0. The number of hydrogen-bond donors (Lipinski definition) is 0. The van der Waals surface area contributed by atoms with E-state index in [9.17, 15) is 15.8 Å². The van der Waals surface area contributed by atoms with Gasteiger partial charge >= 0.3 is 273 Å². The molecule has 7 aromatic rings. The molecule has 0 spiro atoms. The molecule has 0 unspecified atom stereocenters. The molecule has 9 rings (SSSR count). The summed E-state index contributed by atoms with van der Waals surface area (Å²) in [5.74, 6) is 0. The number of nitriles is 3. The molecule has 0 radical (unpaired) electrons. The monoisotopic (exact) mass is 618 g/mol.